The lowest BCUT2D eigenvalue weighted by atomic mass is 9.78. The number of pyridine rings is 1. The zero-order valence-electron chi connectivity index (χ0n) is 13.0. The molecule has 2 aliphatic rings. The molecule has 0 atom stereocenters. The van der Waals surface area contributed by atoms with Crippen molar-refractivity contribution in [1.82, 2.24) is 19.8 Å². The molecular weight excluding hydrogens is 272 g/mol. The van der Waals surface area contributed by atoms with Crippen LogP contribution >= 0.6 is 0 Å². The predicted molar refractivity (Wildman–Crippen MR) is 88.0 cm³/mol. The van der Waals surface area contributed by atoms with Crippen LogP contribution in [0.5, 0.6) is 0 Å². The minimum atomic E-state index is 0.580. The smallest absolute Gasteiger partial charge is 0.0636 e. The van der Waals surface area contributed by atoms with Crippen molar-refractivity contribution in [3.8, 4) is 5.69 Å². The SMILES string of the molecule is c1cncc(-n2cccc2CN2CCC3(CCNCC3)C2)c1. The molecule has 0 bridgehead atoms. The molecule has 0 aromatic carbocycles. The molecule has 2 aromatic rings. The lowest BCUT2D eigenvalue weighted by Gasteiger charge is -2.34. The van der Waals surface area contributed by atoms with E-state index in [1.165, 1.54) is 51.1 Å². The second-order valence-electron chi connectivity index (χ2n) is 6.79. The topological polar surface area (TPSA) is 33.1 Å². The number of rotatable bonds is 3. The number of likely N-dealkylation sites (tertiary alicyclic amines) is 1. The minimum absolute atomic E-state index is 0.580. The minimum Gasteiger partial charge on any atom is -0.318 e. The van der Waals surface area contributed by atoms with Gasteiger partial charge in [-0.05, 0) is 68.6 Å². The number of nitrogens with zero attached hydrogens (tertiary/aromatic N) is 3. The summed E-state index contributed by atoms with van der Waals surface area (Å²) in [6.45, 7) is 5.92. The summed E-state index contributed by atoms with van der Waals surface area (Å²) < 4.78 is 2.26. The van der Waals surface area contributed by atoms with Gasteiger partial charge in [0.1, 0.15) is 0 Å². The Kier molecular flexibility index (Phi) is 3.72. The molecule has 2 saturated heterocycles. The lowest BCUT2D eigenvalue weighted by Crippen LogP contribution is -2.38. The van der Waals surface area contributed by atoms with Crippen molar-refractivity contribution in [3.05, 3.63) is 48.5 Å². The lowest BCUT2D eigenvalue weighted by molar-refractivity contribution is 0.193. The fourth-order valence-electron chi connectivity index (χ4n) is 4.05. The van der Waals surface area contributed by atoms with Crippen LogP contribution in [0.1, 0.15) is 25.0 Å². The Morgan fingerprint density at radius 1 is 1.14 bits per heavy atom. The summed E-state index contributed by atoms with van der Waals surface area (Å²) in [4.78, 5) is 6.87. The monoisotopic (exact) mass is 296 g/mol. The van der Waals surface area contributed by atoms with Gasteiger partial charge < -0.3 is 9.88 Å². The third-order valence-electron chi connectivity index (χ3n) is 5.32. The highest BCUT2D eigenvalue weighted by atomic mass is 15.2. The van der Waals surface area contributed by atoms with Crippen LogP contribution in [0.15, 0.2) is 42.9 Å². The molecule has 0 saturated carbocycles. The Morgan fingerprint density at radius 3 is 2.86 bits per heavy atom. The van der Waals surface area contributed by atoms with Gasteiger partial charge in [0.05, 0.1) is 11.9 Å². The molecule has 4 heterocycles. The molecule has 22 heavy (non-hydrogen) atoms. The fraction of sp³-hybridized carbons (Fsp3) is 0.500. The van der Waals surface area contributed by atoms with Crippen molar-refractivity contribution in [3.63, 3.8) is 0 Å². The maximum Gasteiger partial charge on any atom is 0.0636 e. The van der Waals surface area contributed by atoms with Crippen molar-refractivity contribution >= 4 is 0 Å². The van der Waals surface area contributed by atoms with Crippen molar-refractivity contribution in [2.24, 2.45) is 5.41 Å². The number of hydrogen-bond acceptors (Lipinski definition) is 3. The Labute approximate surface area is 132 Å². The highest BCUT2D eigenvalue weighted by Crippen LogP contribution is 2.39. The van der Waals surface area contributed by atoms with E-state index in [-0.39, 0.29) is 0 Å². The number of piperidine rings is 1. The van der Waals surface area contributed by atoms with Crippen LogP contribution in [-0.4, -0.2) is 40.6 Å². The van der Waals surface area contributed by atoms with Gasteiger partial charge in [0.2, 0.25) is 0 Å². The molecule has 2 aliphatic heterocycles. The van der Waals surface area contributed by atoms with E-state index in [1.807, 2.05) is 18.5 Å². The summed E-state index contributed by atoms with van der Waals surface area (Å²) in [5, 5.41) is 3.50. The average Bonchev–Trinajstić information content (AvgIpc) is 3.17. The van der Waals surface area contributed by atoms with Crippen molar-refractivity contribution in [2.75, 3.05) is 26.2 Å². The maximum atomic E-state index is 4.24. The molecule has 1 spiro atoms. The molecule has 0 unspecified atom stereocenters. The van der Waals surface area contributed by atoms with E-state index in [2.05, 4.69) is 44.2 Å². The van der Waals surface area contributed by atoms with Gasteiger partial charge in [0, 0.05) is 31.2 Å². The van der Waals surface area contributed by atoms with E-state index in [0.717, 1.165) is 12.2 Å². The summed E-state index contributed by atoms with van der Waals surface area (Å²) in [5.41, 5.74) is 3.09. The van der Waals surface area contributed by atoms with E-state index >= 15 is 0 Å². The molecule has 4 nitrogen and oxygen atoms in total. The first-order valence-corrected chi connectivity index (χ1v) is 8.34. The molecule has 116 valence electrons. The summed E-state index contributed by atoms with van der Waals surface area (Å²) in [5.74, 6) is 0. The molecule has 2 aromatic heterocycles. The third-order valence-corrected chi connectivity index (χ3v) is 5.32. The first-order chi connectivity index (χ1) is 10.8. The summed E-state index contributed by atoms with van der Waals surface area (Å²) >= 11 is 0. The van der Waals surface area contributed by atoms with Crippen LogP contribution in [0.25, 0.3) is 5.69 Å². The molecule has 4 heteroatoms. The zero-order chi connectivity index (χ0) is 14.8. The summed E-state index contributed by atoms with van der Waals surface area (Å²) in [7, 11) is 0. The van der Waals surface area contributed by atoms with Crippen LogP contribution in [0.3, 0.4) is 0 Å². The van der Waals surface area contributed by atoms with Gasteiger partial charge >= 0.3 is 0 Å². The van der Waals surface area contributed by atoms with E-state index < -0.39 is 0 Å². The second-order valence-corrected chi connectivity index (χ2v) is 6.79. The van der Waals surface area contributed by atoms with Gasteiger partial charge in [0.25, 0.3) is 0 Å². The molecule has 1 N–H and O–H groups in total. The normalized spacial score (nSPS) is 21.5. The van der Waals surface area contributed by atoms with Gasteiger partial charge in [0.15, 0.2) is 0 Å². The van der Waals surface area contributed by atoms with Gasteiger partial charge in [-0.1, -0.05) is 0 Å². The largest absolute Gasteiger partial charge is 0.318 e. The van der Waals surface area contributed by atoms with Gasteiger partial charge in [-0.15, -0.1) is 0 Å². The summed E-state index contributed by atoms with van der Waals surface area (Å²) in [6.07, 6.45) is 9.95. The van der Waals surface area contributed by atoms with Crippen LogP contribution < -0.4 is 5.32 Å². The quantitative estimate of drug-likeness (QED) is 0.944. The number of aromatic nitrogens is 2. The first-order valence-electron chi connectivity index (χ1n) is 8.34. The van der Waals surface area contributed by atoms with Gasteiger partial charge in [-0.2, -0.15) is 0 Å². The molecule has 2 fully saturated rings. The molecule has 4 rings (SSSR count). The summed E-state index contributed by atoms with van der Waals surface area (Å²) in [6, 6.07) is 8.49. The van der Waals surface area contributed by atoms with Crippen LogP contribution in [-0.2, 0) is 6.54 Å². The van der Waals surface area contributed by atoms with Crippen LogP contribution in [0.2, 0.25) is 0 Å². The highest BCUT2D eigenvalue weighted by Gasteiger charge is 2.38. The standard InChI is InChI=1S/C18H24N4/c1-3-16(13-20-8-1)22-11-2-4-17(22)14-21-12-7-18(15-21)5-9-19-10-6-18/h1-4,8,11,13,19H,5-7,9-10,12,14-15H2. The first kappa shape index (κ1) is 14.0. The van der Waals surface area contributed by atoms with E-state index in [0.29, 0.717) is 5.41 Å². The highest BCUT2D eigenvalue weighted by molar-refractivity contribution is 5.32. The van der Waals surface area contributed by atoms with Gasteiger partial charge in [-0.25, -0.2) is 0 Å². The van der Waals surface area contributed by atoms with E-state index in [4.69, 9.17) is 0 Å². The van der Waals surface area contributed by atoms with Crippen LogP contribution in [0, 0.1) is 5.41 Å². The molecule has 0 radical (unpaired) electrons. The molecule has 0 amide bonds. The number of hydrogen-bond donors (Lipinski definition) is 1. The zero-order valence-corrected chi connectivity index (χ0v) is 13.0. The fourth-order valence-corrected chi connectivity index (χ4v) is 4.05. The van der Waals surface area contributed by atoms with Crippen molar-refractivity contribution in [1.29, 1.82) is 0 Å². The number of nitrogens with one attached hydrogen (secondary N) is 1. The Balaban J connectivity index is 1.48. The van der Waals surface area contributed by atoms with E-state index in [1.54, 1.807) is 0 Å². The Morgan fingerprint density at radius 2 is 2.05 bits per heavy atom. The third kappa shape index (κ3) is 2.69. The van der Waals surface area contributed by atoms with Crippen LogP contribution in [0.4, 0.5) is 0 Å². The Bertz CT molecular complexity index is 613. The van der Waals surface area contributed by atoms with Crippen molar-refractivity contribution < 1.29 is 0 Å². The second kappa shape index (κ2) is 5.86. The maximum absolute atomic E-state index is 4.24. The molecular formula is C18H24N4. The predicted octanol–water partition coefficient (Wildman–Crippen LogP) is 2.45. The average molecular weight is 296 g/mol. The van der Waals surface area contributed by atoms with E-state index in [9.17, 15) is 0 Å². The van der Waals surface area contributed by atoms with Gasteiger partial charge in [-0.3, -0.25) is 9.88 Å². The van der Waals surface area contributed by atoms with Crippen molar-refractivity contribution in [2.45, 2.75) is 25.8 Å². The molecule has 0 aliphatic carbocycles. The Hall–Kier alpha value is -1.65.